The van der Waals surface area contributed by atoms with Gasteiger partial charge in [-0.05, 0) is 49.7 Å². The third-order valence-corrected chi connectivity index (χ3v) is 5.66. The monoisotopic (exact) mass is 381 g/mol. The van der Waals surface area contributed by atoms with Crippen LogP contribution < -0.4 is 15.4 Å². The van der Waals surface area contributed by atoms with Gasteiger partial charge < -0.3 is 15.4 Å². The number of nitrogens with one attached hydrogen (secondary N) is 2. The minimum atomic E-state index is 0. The highest BCUT2D eigenvalue weighted by molar-refractivity contribution is 7.16. The van der Waals surface area contributed by atoms with Gasteiger partial charge in [0.05, 0.1) is 12.8 Å². The first kappa shape index (κ1) is 19.7. The number of halogens is 1. The molecular formula is C18H24ClN3O2S. The number of rotatable bonds is 6. The molecule has 5 nitrogen and oxygen atoms in total. The van der Waals surface area contributed by atoms with E-state index in [1.807, 2.05) is 31.2 Å². The first-order valence-electron chi connectivity index (χ1n) is 8.28. The Bertz CT molecular complexity index is 714. The lowest BCUT2D eigenvalue weighted by Crippen LogP contribution is -2.48. The van der Waals surface area contributed by atoms with Crippen LogP contribution in [0.3, 0.4) is 0 Å². The molecule has 3 rings (SSSR count). The number of hydrogen-bond acceptors (Lipinski definition) is 5. The summed E-state index contributed by atoms with van der Waals surface area (Å²) in [6.45, 7) is 5.93. The van der Waals surface area contributed by atoms with E-state index in [0.29, 0.717) is 11.0 Å². The van der Waals surface area contributed by atoms with Crippen molar-refractivity contribution in [3.63, 3.8) is 0 Å². The highest BCUT2D eigenvalue weighted by atomic mass is 35.5. The number of methoxy groups -OCH3 is 1. The van der Waals surface area contributed by atoms with Crippen molar-refractivity contribution in [1.29, 1.82) is 0 Å². The summed E-state index contributed by atoms with van der Waals surface area (Å²) >= 11 is 1.56. The summed E-state index contributed by atoms with van der Waals surface area (Å²) in [7, 11) is 1.65. The number of thiazole rings is 1. The van der Waals surface area contributed by atoms with Crippen LogP contribution in [0.1, 0.15) is 18.7 Å². The van der Waals surface area contributed by atoms with Gasteiger partial charge in [0.25, 0.3) is 0 Å². The number of benzene rings is 1. The molecule has 0 radical (unpaired) electrons. The molecule has 1 aromatic heterocycles. The molecule has 1 fully saturated rings. The normalized spacial score (nSPS) is 15.0. The van der Waals surface area contributed by atoms with E-state index in [-0.39, 0.29) is 24.2 Å². The maximum Gasteiger partial charge on any atom is 0.229 e. The lowest BCUT2D eigenvalue weighted by atomic mass is 9.88. The second kappa shape index (κ2) is 8.65. The Kier molecular flexibility index (Phi) is 6.81. The van der Waals surface area contributed by atoms with E-state index in [0.717, 1.165) is 36.5 Å². The maximum absolute atomic E-state index is 12.4. The van der Waals surface area contributed by atoms with Crippen LogP contribution in [0.25, 0.3) is 11.3 Å². The highest BCUT2D eigenvalue weighted by Gasteiger charge is 2.29. The fraction of sp³-hybridized carbons (Fsp3) is 0.444. The number of nitrogens with zero attached hydrogens (tertiary/aromatic N) is 1. The van der Waals surface area contributed by atoms with Crippen molar-refractivity contribution >= 4 is 34.8 Å². The summed E-state index contributed by atoms with van der Waals surface area (Å²) < 4.78 is 5.20. The largest absolute Gasteiger partial charge is 0.497 e. The quantitative estimate of drug-likeness (QED) is 0.802. The zero-order chi connectivity index (χ0) is 17.1. The van der Waals surface area contributed by atoms with E-state index < -0.39 is 0 Å². The number of aryl methyl sites for hydroxylation is 1. The van der Waals surface area contributed by atoms with Crippen molar-refractivity contribution in [2.75, 3.05) is 25.5 Å². The molecule has 1 saturated heterocycles. The van der Waals surface area contributed by atoms with E-state index in [2.05, 4.69) is 22.5 Å². The Morgan fingerprint density at radius 1 is 1.40 bits per heavy atom. The molecule has 1 amide bonds. The lowest BCUT2D eigenvalue weighted by molar-refractivity contribution is -0.121. The molecule has 2 heterocycles. The van der Waals surface area contributed by atoms with Gasteiger partial charge in [-0.3, -0.25) is 4.79 Å². The Morgan fingerprint density at radius 3 is 2.60 bits per heavy atom. The smallest absolute Gasteiger partial charge is 0.229 e. The van der Waals surface area contributed by atoms with E-state index in [1.54, 1.807) is 18.4 Å². The third-order valence-electron chi connectivity index (χ3n) is 4.55. The highest BCUT2D eigenvalue weighted by Crippen LogP contribution is 2.33. The summed E-state index contributed by atoms with van der Waals surface area (Å²) in [6, 6.07) is 7.86. The molecule has 2 aromatic rings. The number of ether oxygens (including phenoxy) is 1. The van der Waals surface area contributed by atoms with Crippen molar-refractivity contribution in [2.45, 2.75) is 20.3 Å². The van der Waals surface area contributed by atoms with Gasteiger partial charge in [-0.2, -0.15) is 0 Å². The summed E-state index contributed by atoms with van der Waals surface area (Å²) in [6.07, 6.45) is 0.886. The summed E-state index contributed by atoms with van der Waals surface area (Å²) in [5.41, 5.74) is 1.99. The Hall–Kier alpha value is -1.63. The van der Waals surface area contributed by atoms with Crippen molar-refractivity contribution in [1.82, 2.24) is 10.3 Å². The van der Waals surface area contributed by atoms with Gasteiger partial charge in [-0.15, -0.1) is 23.7 Å². The SMILES string of the molecule is CCc1sc(NC(=O)C(C)C2CNC2)nc1-c1ccc(OC)cc1.Cl. The third kappa shape index (κ3) is 4.32. The molecular weight excluding hydrogens is 358 g/mol. The van der Waals surface area contributed by atoms with E-state index in [1.165, 1.54) is 4.88 Å². The summed E-state index contributed by atoms with van der Waals surface area (Å²) in [4.78, 5) is 18.2. The molecule has 25 heavy (non-hydrogen) atoms. The van der Waals surface area contributed by atoms with Gasteiger partial charge in [0.15, 0.2) is 5.13 Å². The second-order valence-corrected chi connectivity index (χ2v) is 7.15. The molecule has 1 unspecified atom stereocenters. The second-order valence-electron chi connectivity index (χ2n) is 6.07. The van der Waals surface area contributed by atoms with Crippen LogP contribution in [0, 0.1) is 11.8 Å². The molecule has 0 aliphatic carbocycles. The van der Waals surface area contributed by atoms with Gasteiger partial charge >= 0.3 is 0 Å². The van der Waals surface area contributed by atoms with Crippen LogP contribution in [-0.4, -0.2) is 31.1 Å². The first-order chi connectivity index (χ1) is 11.6. The minimum absolute atomic E-state index is 0. The Morgan fingerprint density at radius 2 is 2.08 bits per heavy atom. The zero-order valence-corrected chi connectivity index (χ0v) is 16.3. The molecule has 0 spiro atoms. The maximum atomic E-state index is 12.4. The van der Waals surface area contributed by atoms with Gasteiger partial charge in [-0.1, -0.05) is 13.8 Å². The van der Waals surface area contributed by atoms with Crippen molar-refractivity contribution in [2.24, 2.45) is 11.8 Å². The molecule has 1 aliphatic heterocycles. The standard InChI is InChI=1S/C18H23N3O2S.ClH/c1-4-15-16(12-5-7-14(23-3)8-6-12)20-18(24-15)21-17(22)11(2)13-9-19-10-13;/h5-8,11,13,19H,4,9-10H2,1-3H3,(H,20,21,22);1H. The molecule has 1 aromatic carbocycles. The molecule has 0 bridgehead atoms. The average molecular weight is 382 g/mol. The van der Waals surface area contributed by atoms with Gasteiger partial charge in [0, 0.05) is 16.4 Å². The van der Waals surface area contributed by atoms with Crippen molar-refractivity contribution < 1.29 is 9.53 Å². The van der Waals surface area contributed by atoms with Crippen molar-refractivity contribution in [3.05, 3.63) is 29.1 Å². The van der Waals surface area contributed by atoms with E-state index >= 15 is 0 Å². The average Bonchev–Trinajstić information content (AvgIpc) is 2.96. The van der Waals surface area contributed by atoms with Crippen LogP contribution >= 0.6 is 23.7 Å². The predicted molar refractivity (Wildman–Crippen MR) is 105 cm³/mol. The fourth-order valence-electron chi connectivity index (χ4n) is 2.72. The summed E-state index contributed by atoms with van der Waals surface area (Å²) in [5, 5.41) is 6.89. The molecule has 2 N–H and O–H groups in total. The van der Waals surface area contributed by atoms with Gasteiger partial charge in [0.1, 0.15) is 5.75 Å². The number of anilines is 1. The van der Waals surface area contributed by atoms with Crippen molar-refractivity contribution in [3.8, 4) is 17.0 Å². The van der Waals surface area contributed by atoms with E-state index in [9.17, 15) is 4.79 Å². The fourth-order valence-corrected chi connectivity index (χ4v) is 3.64. The molecule has 136 valence electrons. The number of carbonyl (C=O) groups excluding carboxylic acids is 1. The van der Waals surface area contributed by atoms with Crippen LogP contribution in [0.5, 0.6) is 5.75 Å². The number of carbonyl (C=O) groups is 1. The Labute approximate surface area is 158 Å². The van der Waals surface area contributed by atoms with Crippen LogP contribution in [-0.2, 0) is 11.2 Å². The molecule has 7 heteroatoms. The number of hydrogen-bond donors (Lipinski definition) is 2. The van der Waals surface area contributed by atoms with E-state index in [4.69, 9.17) is 4.74 Å². The molecule has 1 aliphatic rings. The van der Waals surface area contributed by atoms with Gasteiger partial charge in [-0.25, -0.2) is 4.98 Å². The predicted octanol–water partition coefficient (Wildman–Crippen LogP) is 3.60. The number of aromatic nitrogens is 1. The topological polar surface area (TPSA) is 63.2 Å². The zero-order valence-electron chi connectivity index (χ0n) is 14.7. The molecule has 1 atom stereocenters. The van der Waals surface area contributed by atoms with Crippen LogP contribution in [0.15, 0.2) is 24.3 Å². The van der Waals surface area contributed by atoms with Crippen LogP contribution in [0.2, 0.25) is 0 Å². The molecule has 0 saturated carbocycles. The first-order valence-corrected chi connectivity index (χ1v) is 9.09. The Balaban J connectivity index is 0.00000225. The minimum Gasteiger partial charge on any atom is -0.497 e. The van der Waals surface area contributed by atoms with Gasteiger partial charge in [0.2, 0.25) is 5.91 Å². The number of amides is 1. The summed E-state index contributed by atoms with van der Waals surface area (Å²) in [5.74, 6) is 1.31. The van der Waals surface area contributed by atoms with Crippen LogP contribution in [0.4, 0.5) is 5.13 Å². The lowest BCUT2D eigenvalue weighted by Gasteiger charge is -2.31.